The largest absolute Gasteiger partial charge is 0.356 e. The van der Waals surface area contributed by atoms with E-state index in [2.05, 4.69) is 20.0 Å². The summed E-state index contributed by atoms with van der Waals surface area (Å²) in [6.07, 6.45) is 5.59. The summed E-state index contributed by atoms with van der Waals surface area (Å²) in [5.74, 6) is 0.573. The van der Waals surface area contributed by atoms with E-state index in [1.807, 2.05) is 0 Å². The van der Waals surface area contributed by atoms with Crippen LogP contribution >= 0.6 is 0 Å². The Bertz CT molecular complexity index is 792. The Balaban J connectivity index is 1.89. The maximum Gasteiger partial charge on any atom is 0.168 e. The van der Waals surface area contributed by atoms with Crippen molar-refractivity contribution in [1.29, 1.82) is 0 Å². The van der Waals surface area contributed by atoms with Crippen LogP contribution < -0.4 is 4.90 Å². The number of para-hydroxylation sites is 1. The van der Waals surface area contributed by atoms with Crippen LogP contribution in [0.5, 0.6) is 0 Å². The molecular formula is C15H14FN5. The Morgan fingerprint density at radius 3 is 2.67 bits per heavy atom. The van der Waals surface area contributed by atoms with Gasteiger partial charge in [0.25, 0.3) is 0 Å². The van der Waals surface area contributed by atoms with E-state index in [-0.39, 0.29) is 5.82 Å². The van der Waals surface area contributed by atoms with Gasteiger partial charge in [0.05, 0.1) is 11.6 Å². The van der Waals surface area contributed by atoms with Crippen LogP contribution in [0.3, 0.4) is 0 Å². The zero-order valence-electron chi connectivity index (χ0n) is 11.4. The molecule has 0 unspecified atom stereocenters. The summed E-state index contributed by atoms with van der Waals surface area (Å²) in [7, 11) is 0. The van der Waals surface area contributed by atoms with Gasteiger partial charge in [0.15, 0.2) is 5.65 Å². The molecular weight excluding hydrogens is 269 g/mol. The number of hydrogen-bond acceptors (Lipinski definition) is 4. The van der Waals surface area contributed by atoms with Gasteiger partial charge in [-0.1, -0.05) is 12.1 Å². The van der Waals surface area contributed by atoms with E-state index < -0.39 is 0 Å². The first-order valence-electron chi connectivity index (χ1n) is 7.03. The van der Waals surface area contributed by atoms with E-state index >= 15 is 0 Å². The number of rotatable bonds is 2. The van der Waals surface area contributed by atoms with Crippen molar-refractivity contribution in [2.24, 2.45) is 0 Å². The van der Waals surface area contributed by atoms with Crippen LogP contribution in [0.1, 0.15) is 12.8 Å². The van der Waals surface area contributed by atoms with Crippen molar-refractivity contribution < 1.29 is 4.39 Å². The van der Waals surface area contributed by atoms with E-state index in [1.54, 1.807) is 24.4 Å². The maximum atomic E-state index is 14.0. The molecule has 4 rings (SSSR count). The Morgan fingerprint density at radius 2 is 1.86 bits per heavy atom. The molecule has 0 atom stereocenters. The van der Waals surface area contributed by atoms with Crippen molar-refractivity contribution in [1.82, 2.24) is 19.7 Å². The van der Waals surface area contributed by atoms with E-state index in [1.165, 1.54) is 29.9 Å². The fraction of sp³-hybridized carbons (Fsp3) is 0.267. The third kappa shape index (κ3) is 1.94. The molecule has 0 radical (unpaired) electrons. The molecule has 6 heteroatoms. The fourth-order valence-corrected chi connectivity index (χ4v) is 2.81. The molecule has 0 bridgehead atoms. The van der Waals surface area contributed by atoms with E-state index in [0.29, 0.717) is 11.3 Å². The molecule has 1 saturated heterocycles. The zero-order chi connectivity index (χ0) is 14.2. The molecule has 0 spiro atoms. The second kappa shape index (κ2) is 4.80. The van der Waals surface area contributed by atoms with Crippen molar-refractivity contribution in [2.75, 3.05) is 18.0 Å². The first-order valence-corrected chi connectivity index (χ1v) is 7.03. The van der Waals surface area contributed by atoms with E-state index in [0.717, 1.165) is 24.3 Å². The Kier molecular flexibility index (Phi) is 2.80. The lowest BCUT2D eigenvalue weighted by molar-refractivity contribution is 0.612. The van der Waals surface area contributed by atoms with Crippen molar-refractivity contribution >= 4 is 16.9 Å². The van der Waals surface area contributed by atoms with Crippen molar-refractivity contribution in [2.45, 2.75) is 12.8 Å². The number of nitrogens with zero attached hydrogens (tertiary/aromatic N) is 5. The number of anilines is 1. The van der Waals surface area contributed by atoms with Gasteiger partial charge in [-0.2, -0.15) is 5.10 Å². The maximum absolute atomic E-state index is 14.0. The highest BCUT2D eigenvalue weighted by atomic mass is 19.1. The minimum absolute atomic E-state index is 0.316. The van der Waals surface area contributed by atoms with Crippen LogP contribution in [0.25, 0.3) is 16.7 Å². The average Bonchev–Trinajstić information content (AvgIpc) is 3.17. The summed E-state index contributed by atoms with van der Waals surface area (Å²) < 4.78 is 15.5. The van der Waals surface area contributed by atoms with Crippen LogP contribution in [0.2, 0.25) is 0 Å². The molecule has 0 aliphatic carbocycles. The monoisotopic (exact) mass is 283 g/mol. The van der Waals surface area contributed by atoms with Gasteiger partial charge in [-0.3, -0.25) is 0 Å². The SMILES string of the molecule is Fc1ccccc1-n1ncc2c(N3CCCC3)ncnc21. The summed E-state index contributed by atoms with van der Waals surface area (Å²) in [6.45, 7) is 1.99. The first kappa shape index (κ1) is 12.3. The predicted octanol–water partition coefficient (Wildman–Crippen LogP) is 2.55. The summed E-state index contributed by atoms with van der Waals surface area (Å²) in [5.41, 5.74) is 1.04. The molecule has 3 heterocycles. The van der Waals surface area contributed by atoms with E-state index in [9.17, 15) is 4.39 Å². The third-order valence-electron chi connectivity index (χ3n) is 3.83. The van der Waals surface area contributed by atoms with Crippen LogP contribution in [0.15, 0.2) is 36.8 Å². The topological polar surface area (TPSA) is 46.8 Å². The lowest BCUT2D eigenvalue weighted by Gasteiger charge is -2.16. The molecule has 5 nitrogen and oxygen atoms in total. The second-order valence-electron chi connectivity index (χ2n) is 5.14. The molecule has 1 aromatic carbocycles. The Morgan fingerprint density at radius 1 is 1.05 bits per heavy atom. The van der Waals surface area contributed by atoms with Crippen LogP contribution in [-0.2, 0) is 0 Å². The molecule has 0 N–H and O–H groups in total. The first-order chi connectivity index (χ1) is 10.3. The summed E-state index contributed by atoms with van der Waals surface area (Å²) in [5, 5.41) is 5.17. The number of benzene rings is 1. The van der Waals surface area contributed by atoms with Gasteiger partial charge >= 0.3 is 0 Å². The van der Waals surface area contributed by atoms with Gasteiger partial charge in [-0.05, 0) is 25.0 Å². The van der Waals surface area contributed by atoms with Crippen LogP contribution in [0.4, 0.5) is 10.2 Å². The highest BCUT2D eigenvalue weighted by molar-refractivity contribution is 5.87. The molecule has 21 heavy (non-hydrogen) atoms. The second-order valence-corrected chi connectivity index (χ2v) is 5.14. The van der Waals surface area contributed by atoms with Crippen LogP contribution in [0, 0.1) is 5.82 Å². The molecule has 0 saturated carbocycles. The number of halogens is 1. The van der Waals surface area contributed by atoms with Gasteiger partial charge in [-0.15, -0.1) is 0 Å². The summed E-state index contributed by atoms with van der Waals surface area (Å²) in [4.78, 5) is 10.9. The lowest BCUT2D eigenvalue weighted by Crippen LogP contribution is -2.19. The normalized spacial score (nSPS) is 15.0. The third-order valence-corrected chi connectivity index (χ3v) is 3.83. The minimum atomic E-state index is -0.316. The molecule has 2 aromatic heterocycles. The van der Waals surface area contributed by atoms with Crippen molar-refractivity contribution in [3.05, 3.63) is 42.6 Å². The molecule has 1 aliphatic heterocycles. The molecule has 1 aliphatic rings. The van der Waals surface area contributed by atoms with Gasteiger partial charge in [-0.25, -0.2) is 19.0 Å². The molecule has 106 valence electrons. The standard InChI is InChI=1S/C15H14FN5/c16-12-5-1-2-6-13(12)21-15-11(9-19-21)14(17-10-18-15)20-7-3-4-8-20/h1-2,5-6,9-10H,3-4,7-8H2. The van der Waals surface area contributed by atoms with Crippen molar-refractivity contribution in [3.8, 4) is 5.69 Å². The highest BCUT2D eigenvalue weighted by Gasteiger charge is 2.19. The quantitative estimate of drug-likeness (QED) is 0.725. The van der Waals surface area contributed by atoms with Gasteiger partial charge in [0.1, 0.15) is 23.6 Å². The molecule has 3 aromatic rings. The Labute approximate surface area is 121 Å². The highest BCUT2D eigenvalue weighted by Crippen LogP contribution is 2.27. The smallest absolute Gasteiger partial charge is 0.168 e. The zero-order valence-corrected chi connectivity index (χ0v) is 11.4. The number of fused-ring (bicyclic) bond motifs is 1. The van der Waals surface area contributed by atoms with Gasteiger partial charge < -0.3 is 4.90 Å². The molecule has 0 amide bonds. The molecule has 1 fully saturated rings. The van der Waals surface area contributed by atoms with Gasteiger partial charge in [0.2, 0.25) is 0 Å². The fourth-order valence-electron chi connectivity index (χ4n) is 2.81. The lowest BCUT2D eigenvalue weighted by atomic mass is 10.3. The average molecular weight is 283 g/mol. The summed E-state index contributed by atoms with van der Waals surface area (Å²) in [6, 6.07) is 6.56. The summed E-state index contributed by atoms with van der Waals surface area (Å²) >= 11 is 0. The predicted molar refractivity (Wildman–Crippen MR) is 78.1 cm³/mol. The Hall–Kier alpha value is -2.50. The van der Waals surface area contributed by atoms with Crippen molar-refractivity contribution in [3.63, 3.8) is 0 Å². The van der Waals surface area contributed by atoms with Gasteiger partial charge in [0, 0.05) is 13.1 Å². The number of hydrogen-bond donors (Lipinski definition) is 0. The minimum Gasteiger partial charge on any atom is -0.356 e. The van der Waals surface area contributed by atoms with E-state index in [4.69, 9.17) is 0 Å². The number of aromatic nitrogens is 4. The van der Waals surface area contributed by atoms with Crippen LogP contribution in [-0.4, -0.2) is 32.8 Å².